The van der Waals surface area contributed by atoms with Crippen LogP contribution < -0.4 is 16.0 Å². The van der Waals surface area contributed by atoms with E-state index in [2.05, 4.69) is 9.97 Å². The highest BCUT2D eigenvalue weighted by Gasteiger charge is 2.08. The predicted octanol–water partition coefficient (Wildman–Crippen LogP) is 0.756. The molecular weight excluding hydrogens is 232 g/mol. The van der Waals surface area contributed by atoms with Crippen LogP contribution in [0.3, 0.4) is 0 Å². The number of nitrogens with zero attached hydrogens (tertiary/aromatic N) is 2. The molecule has 92 valence electrons. The highest BCUT2D eigenvalue weighted by Crippen LogP contribution is 2.18. The summed E-state index contributed by atoms with van der Waals surface area (Å²) in [6, 6.07) is 8.73. The fourth-order valence-corrected chi connectivity index (χ4v) is 1.44. The van der Waals surface area contributed by atoms with Crippen molar-refractivity contribution in [3.8, 4) is 17.1 Å². The number of ether oxygens (including phenoxy) is 1. The molecule has 3 N–H and O–H groups in total. The molecule has 2 rings (SSSR count). The summed E-state index contributed by atoms with van der Waals surface area (Å²) in [6.45, 7) is 0. The van der Waals surface area contributed by atoms with Crippen molar-refractivity contribution in [3.63, 3.8) is 0 Å². The number of methoxy groups -OCH3 is 1. The van der Waals surface area contributed by atoms with Crippen LogP contribution in [0.5, 0.6) is 5.75 Å². The maximum absolute atomic E-state index is 11.4. The molecule has 0 bridgehead atoms. The van der Waals surface area contributed by atoms with Crippen LogP contribution in [0.25, 0.3) is 11.4 Å². The number of hydrogen-bond acceptors (Lipinski definition) is 5. The number of nitrogens with one attached hydrogen (secondary N) is 1. The smallest absolute Gasteiger partial charge is 0.283 e. The number of hydrogen-bond donors (Lipinski definition) is 2. The van der Waals surface area contributed by atoms with E-state index in [0.717, 1.165) is 11.3 Å². The van der Waals surface area contributed by atoms with E-state index in [4.69, 9.17) is 10.6 Å². The molecular formula is C12H12N4O2. The van der Waals surface area contributed by atoms with E-state index in [9.17, 15) is 4.79 Å². The minimum Gasteiger partial charge on any atom is -0.497 e. The Morgan fingerprint density at radius 3 is 2.61 bits per heavy atom. The van der Waals surface area contributed by atoms with E-state index in [1.165, 1.54) is 12.3 Å². The molecule has 6 heteroatoms. The Balaban J connectivity index is 2.35. The van der Waals surface area contributed by atoms with Crippen LogP contribution in [0, 0.1) is 0 Å². The second kappa shape index (κ2) is 5.24. The number of amides is 1. The summed E-state index contributed by atoms with van der Waals surface area (Å²) in [6.07, 6.45) is 1.51. The molecule has 0 unspecified atom stereocenters. The van der Waals surface area contributed by atoms with Gasteiger partial charge in [-0.25, -0.2) is 15.8 Å². The van der Waals surface area contributed by atoms with Crippen LogP contribution in [-0.4, -0.2) is 23.0 Å². The van der Waals surface area contributed by atoms with Gasteiger partial charge in [0, 0.05) is 11.8 Å². The van der Waals surface area contributed by atoms with Crippen LogP contribution in [0.4, 0.5) is 0 Å². The van der Waals surface area contributed by atoms with Crippen LogP contribution >= 0.6 is 0 Å². The number of hydrazine groups is 1. The summed E-state index contributed by atoms with van der Waals surface area (Å²) in [7, 11) is 1.59. The molecule has 1 heterocycles. The van der Waals surface area contributed by atoms with Crippen molar-refractivity contribution >= 4 is 5.91 Å². The zero-order chi connectivity index (χ0) is 13.0. The lowest BCUT2D eigenvalue weighted by atomic mass is 10.2. The van der Waals surface area contributed by atoms with Gasteiger partial charge < -0.3 is 4.74 Å². The number of nitrogens with two attached hydrogens (primary N) is 1. The fourth-order valence-electron chi connectivity index (χ4n) is 1.44. The van der Waals surface area contributed by atoms with Gasteiger partial charge in [0.25, 0.3) is 5.91 Å². The SMILES string of the molecule is COc1ccc(-c2nccc(C(=O)NN)n2)cc1. The minimum absolute atomic E-state index is 0.221. The normalized spacial score (nSPS) is 9.89. The number of aromatic nitrogens is 2. The Kier molecular flexibility index (Phi) is 3.49. The van der Waals surface area contributed by atoms with Crippen LogP contribution in [0.15, 0.2) is 36.5 Å². The number of carbonyl (C=O) groups excluding carboxylic acids is 1. The lowest BCUT2D eigenvalue weighted by Crippen LogP contribution is -2.30. The number of benzene rings is 1. The van der Waals surface area contributed by atoms with Crippen LogP contribution in [0.1, 0.15) is 10.5 Å². The predicted molar refractivity (Wildman–Crippen MR) is 65.7 cm³/mol. The maximum Gasteiger partial charge on any atom is 0.283 e. The van der Waals surface area contributed by atoms with Gasteiger partial charge in [0.05, 0.1) is 7.11 Å². The lowest BCUT2D eigenvalue weighted by Gasteiger charge is -2.04. The highest BCUT2D eigenvalue weighted by atomic mass is 16.5. The standard InChI is InChI=1S/C12H12N4O2/c1-18-9-4-2-8(3-5-9)11-14-7-6-10(15-11)12(17)16-13/h2-7H,13H2,1H3,(H,16,17). The number of carbonyl (C=O) groups is 1. The first-order valence-corrected chi connectivity index (χ1v) is 5.23. The van der Waals surface area contributed by atoms with E-state index in [1.54, 1.807) is 19.2 Å². The molecule has 0 atom stereocenters. The largest absolute Gasteiger partial charge is 0.497 e. The van der Waals surface area contributed by atoms with Gasteiger partial charge in [-0.2, -0.15) is 0 Å². The second-order valence-corrected chi connectivity index (χ2v) is 3.47. The lowest BCUT2D eigenvalue weighted by molar-refractivity contribution is 0.0948. The monoisotopic (exact) mass is 244 g/mol. The molecule has 0 spiro atoms. The number of nitrogen functional groups attached to an aromatic ring is 1. The van der Waals surface area contributed by atoms with Crippen molar-refractivity contribution in [1.82, 2.24) is 15.4 Å². The first kappa shape index (κ1) is 12.0. The third kappa shape index (κ3) is 2.44. The molecule has 1 aromatic heterocycles. The van der Waals surface area contributed by atoms with E-state index < -0.39 is 5.91 Å². The van der Waals surface area contributed by atoms with Gasteiger partial charge in [-0.15, -0.1) is 0 Å². The minimum atomic E-state index is -0.452. The van der Waals surface area contributed by atoms with E-state index in [-0.39, 0.29) is 5.69 Å². The molecule has 0 aliphatic heterocycles. The first-order valence-electron chi connectivity index (χ1n) is 5.23. The van der Waals surface area contributed by atoms with Crippen molar-refractivity contribution in [3.05, 3.63) is 42.2 Å². The molecule has 0 fully saturated rings. The average molecular weight is 244 g/mol. The van der Waals surface area contributed by atoms with Gasteiger partial charge in [0.2, 0.25) is 0 Å². The van der Waals surface area contributed by atoms with E-state index in [0.29, 0.717) is 5.82 Å². The third-order valence-corrected chi connectivity index (χ3v) is 2.37. The summed E-state index contributed by atoms with van der Waals surface area (Å²) < 4.78 is 5.06. The van der Waals surface area contributed by atoms with Crippen LogP contribution in [-0.2, 0) is 0 Å². The molecule has 6 nitrogen and oxygen atoms in total. The molecule has 0 aliphatic rings. The topological polar surface area (TPSA) is 90.1 Å². The molecule has 0 aliphatic carbocycles. The highest BCUT2D eigenvalue weighted by molar-refractivity contribution is 5.92. The zero-order valence-corrected chi connectivity index (χ0v) is 9.75. The zero-order valence-electron chi connectivity index (χ0n) is 9.75. The van der Waals surface area contributed by atoms with Gasteiger partial charge in [0.15, 0.2) is 5.82 Å². The first-order chi connectivity index (χ1) is 8.74. The molecule has 0 saturated heterocycles. The van der Waals surface area contributed by atoms with E-state index >= 15 is 0 Å². The Bertz CT molecular complexity index is 554. The average Bonchev–Trinajstić information content (AvgIpc) is 2.46. The van der Waals surface area contributed by atoms with Crippen molar-refractivity contribution in [1.29, 1.82) is 0 Å². The third-order valence-electron chi connectivity index (χ3n) is 2.37. The molecule has 1 aromatic carbocycles. The van der Waals surface area contributed by atoms with E-state index in [1.807, 2.05) is 17.6 Å². The van der Waals surface area contributed by atoms with Crippen LogP contribution in [0.2, 0.25) is 0 Å². The van der Waals surface area contributed by atoms with Crippen molar-refractivity contribution in [2.24, 2.45) is 5.84 Å². The molecule has 0 radical (unpaired) electrons. The van der Waals surface area contributed by atoms with Gasteiger partial charge in [-0.05, 0) is 30.3 Å². The summed E-state index contributed by atoms with van der Waals surface area (Å²) >= 11 is 0. The summed E-state index contributed by atoms with van der Waals surface area (Å²) in [4.78, 5) is 19.6. The Morgan fingerprint density at radius 1 is 1.28 bits per heavy atom. The Morgan fingerprint density at radius 2 is 2.00 bits per heavy atom. The molecule has 2 aromatic rings. The molecule has 0 saturated carbocycles. The van der Waals surface area contributed by atoms with Gasteiger partial charge >= 0.3 is 0 Å². The Labute approximate surface area is 104 Å². The Hall–Kier alpha value is -2.47. The maximum atomic E-state index is 11.4. The quantitative estimate of drug-likeness (QED) is 0.472. The summed E-state index contributed by atoms with van der Waals surface area (Å²) in [5.41, 5.74) is 3.04. The molecule has 1 amide bonds. The van der Waals surface area contributed by atoms with Gasteiger partial charge in [0.1, 0.15) is 11.4 Å². The summed E-state index contributed by atoms with van der Waals surface area (Å²) in [5, 5.41) is 0. The summed E-state index contributed by atoms with van der Waals surface area (Å²) in [5.74, 6) is 5.80. The van der Waals surface area contributed by atoms with Gasteiger partial charge in [-0.1, -0.05) is 0 Å². The second-order valence-electron chi connectivity index (χ2n) is 3.47. The van der Waals surface area contributed by atoms with Gasteiger partial charge in [-0.3, -0.25) is 10.2 Å². The number of rotatable bonds is 3. The van der Waals surface area contributed by atoms with Crippen molar-refractivity contribution in [2.75, 3.05) is 7.11 Å². The van der Waals surface area contributed by atoms with Crippen molar-refractivity contribution in [2.45, 2.75) is 0 Å². The fraction of sp³-hybridized carbons (Fsp3) is 0.0833. The molecule has 18 heavy (non-hydrogen) atoms. The van der Waals surface area contributed by atoms with Crippen molar-refractivity contribution < 1.29 is 9.53 Å².